The fraction of sp³-hybridized carbons (Fsp3) is 1.00. The van der Waals surface area contributed by atoms with Crippen molar-refractivity contribution in [1.29, 1.82) is 0 Å². The molecule has 3 rings (SSSR count). The van der Waals surface area contributed by atoms with Crippen molar-refractivity contribution in [1.82, 2.24) is 10.2 Å². The van der Waals surface area contributed by atoms with Gasteiger partial charge in [0.1, 0.15) is 0 Å². The summed E-state index contributed by atoms with van der Waals surface area (Å²) >= 11 is 0. The summed E-state index contributed by atoms with van der Waals surface area (Å²) in [7, 11) is 0. The molecule has 0 unspecified atom stereocenters. The number of hydrogen-bond donors (Lipinski definition) is 1. The summed E-state index contributed by atoms with van der Waals surface area (Å²) < 4.78 is 0. The largest absolute Gasteiger partial charge is 0.313 e. The summed E-state index contributed by atoms with van der Waals surface area (Å²) in [5.41, 5.74) is 0. The molecule has 3 fully saturated rings. The summed E-state index contributed by atoms with van der Waals surface area (Å²) in [6.45, 7) is 5.39. The molecule has 3 aliphatic rings. The van der Waals surface area contributed by atoms with E-state index in [2.05, 4.69) is 10.2 Å². The molecule has 0 spiro atoms. The average Bonchev–Trinajstić information content (AvgIpc) is 2.78. The van der Waals surface area contributed by atoms with Crippen LogP contribution in [0.3, 0.4) is 0 Å². The van der Waals surface area contributed by atoms with Gasteiger partial charge in [0.15, 0.2) is 0 Å². The zero-order valence-corrected chi connectivity index (χ0v) is 9.04. The second kappa shape index (κ2) is 3.82. The van der Waals surface area contributed by atoms with E-state index in [-0.39, 0.29) is 0 Å². The van der Waals surface area contributed by atoms with Gasteiger partial charge in [-0.1, -0.05) is 6.42 Å². The molecule has 3 atom stereocenters. The fourth-order valence-corrected chi connectivity index (χ4v) is 3.71. The Kier molecular flexibility index (Phi) is 2.50. The minimum Gasteiger partial charge on any atom is -0.313 e. The number of hydrogen-bond acceptors (Lipinski definition) is 2. The number of likely N-dealkylation sites (tertiary alicyclic amines) is 1. The molecule has 0 aromatic carbocycles. The quantitative estimate of drug-likeness (QED) is 0.716. The zero-order valence-electron chi connectivity index (χ0n) is 9.04. The molecule has 0 amide bonds. The molecule has 0 bridgehead atoms. The SMILES string of the molecule is C1CN[C@H](CN2C[C@H]3CCC[C@H]3C2)C1. The van der Waals surface area contributed by atoms with Crippen molar-refractivity contribution in [2.75, 3.05) is 26.2 Å². The first kappa shape index (κ1) is 9.17. The van der Waals surface area contributed by atoms with Gasteiger partial charge in [0.25, 0.3) is 0 Å². The van der Waals surface area contributed by atoms with Crippen LogP contribution in [0.25, 0.3) is 0 Å². The van der Waals surface area contributed by atoms with Crippen molar-refractivity contribution in [3.8, 4) is 0 Å². The lowest BCUT2D eigenvalue weighted by Crippen LogP contribution is -2.36. The molecule has 2 aliphatic heterocycles. The van der Waals surface area contributed by atoms with E-state index in [1.165, 1.54) is 58.3 Å². The van der Waals surface area contributed by atoms with E-state index in [1.807, 2.05) is 0 Å². The van der Waals surface area contributed by atoms with Crippen LogP contribution in [0.2, 0.25) is 0 Å². The normalized spacial score (nSPS) is 43.3. The molecule has 1 N–H and O–H groups in total. The van der Waals surface area contributed by atoms with Gasteiger partial charge in [-0.15, -0.1) is 0 Å². The molecule has 2 nitrogen and oxygen atoms in total. The number of fused-ring (bicyclic) bond motifs is 1. The molecule has 80 valence electrons. The molecule has 1 aliphatic carbocycles. The van der Waals surface area contributed by atoms with Crippen molar-refractivity contribution in [3.05, 3.63) is 0 Å². The highest BCUT2D eigenvalue weighted by atomic mass is 15.2. The van der Waals surface area contributed by atoms with E-state index < -0.39 is 0 Å². The maximum absolute atomic E-state index is 3.61. The topological polar surface area (TPSA) is 15.3 Å². The molecular weight excluding hydrogens is 172 g/mol. The number of nitrogens with one attached hydrogen (secondary N) is 1. The predicted molar refractivity (Wildman–Crippen MR) is 58.3 cm³/mol. The Hall–Kier alpha value is -0.0800. The van der Waals surface area contributed by atoms with Crippen LogP contribution in [0.4, 0.5) is 0 Å². The summed E-state index contributed by atoms with van der Waals surface area (Å²) in [4.78, 5) is 2.72. The van der Waals surface area contributed by atoms with Crippen molar-refractivity contribution in [3.63, 3.8) is 0 Å². The molecule has 2 heterocycles. The van der Waals surface area contributed by atoms with Gasteiger partial charge in [-0.3, -0.25) is 0 Å². The molecule has 0 aromatic rings. The molecule has 14 heavy (non-hydrogen) atoms. The van der Waals surface area contributed by atoms with Gasteiger partial charge in [-0.05, 0) is 44.1 Å². The maximum Gasteiger partial charge on any atom is 0.0195 e. The van der Waals surface area contributed by atoms with Crippen molar-refractivity contribution in [2.45, 2.75) is 38.1 Å². The van der Waals surface area contributed by atoms with E-state index in [0.717, 1.165) is 17.9 Å². The lowest BCUT2D eigenvalue weighted by molar-refractivity contribution is 0.281. The summed E-state index contributed by atoms with van der Waals surface area (Å²) in [5, 5.41) is 3.61. The first-order valence-corrected chi connectivity index (χ1v) is 6.37. The van der Waals surface area contributed by atoms with Crippen LogP contribution in [0.5, 0.6) is 0 Å². The minimum atomic E-state index is 0.814. The third-order valence-corrected chi connectivity index (χ3v) is 4.44. The van der Waals surface area contributed by atoms with Gasteiger partial charge >= 0.3 is 0 Å². The predicted octanol–water partition coefficient (Wildman–Crippen LogP) is 1.47. The molecule has 0 aromatic heterocycles. The Morgan fingerprint density at radius 1 is 1.00 bits per heavy atom. The standard InChI is InChI=1S/C12H22N2/c1-3-10-7-14(8-11(10)4-1)9-12-5-2-6-13-12/h10-13H,1-9H2/t10-,11+,12-/m0/s1. The van der Waals surface area contributed by atoms with Crippen LogP contribution >= 0.6 is 0 Å². The van der Waals surface area contributed by atoms with E-state index in [0.29, 0.717) is 0 Å². The van der Waals surface area contributed by atoms with Crippen molar-refractivity contribution < 1.29 is 0 Å². The Balaban J connectivity index is 1.50. The third kappa shape index (κ3) is 1.70. The Morgan fingerprint density at radius 2 is 1.79 bits per heavy atom. The molecule has 1 saturated carbocycles. The minimum absolute atomic E-state index is 0.814. The van der Waals surface area contributed by atoms with Crippen LogP contribution in [-0.4, -0.2) is 37.1 Å². The summed E-state index contributed by atoms with van der Waals surface area (Å²) in [6, 6.07) is 0.814. The lowest BCUT2D eigenvalue weighted by atomic mass is 10.0. The fourth-order valence-electron chi connectivity index (χ4n) is 3.71. The smallest absolute Gasteiger partial charge is 0.0195 e. The van der Waals surface area contributed by atoms with Crippen LogP contribution in [0.15, 0.2) is 0 Å². The van der Waals surface area contributed by atoms with Gasteiger partial charge < -0.3 is 10.2 Å². The monoisotopic (exact) mass is 194 g/mol. The highest BCUT2D eigenvalue weighted by molar-refractivity contribution is 4.90. The second-order valence-corrected chi connectivity index (χ2v) is 5.46. The number of nitrogens with zero attached hydrogens (tertiary/aromatic N) is 1. The van der Waals surface area contributed by atoms with Crippen LogP contribution in [0.1, 0.15) is 32.1 Å². The maximum atomic E-state index is 3.61. The molecule has 0 radical (unpaired) electrons. The highest BCUT2D eigenvalue weighted by Gasteiger charge is 2.36. The Morgan fingerprint density at radius 3 is 2.43 bits per heavy atom. The highest BCUT2D eigenvalue weighted by Crippen LogP contribution is 2.37. The number of rotatable bonds is 2. The van der Waals surface area contributed by atoms with Crippen LogP contribution in [0, 0.1) is 11.8 Å². The Bertz CT molecular complexity index is 186. The Labute approximate surface area is 87.0 Å². The summed E-state index contributed by atoms with van der Waals surface area (Å²) in [6.07, 6.45) is 7.33. The van der Waals surface area contributed by atoms with E-state index in [4.69, 9.17) is 0 Å². The first-order chi connectivity index (χ1) is 6.92. The van der Waals surface area contributed by atoms with Gasteiger partial charge in [-0.25, -0.2) is 0 Å². The summed E-state index contributed by atoms with van der Waals surface area (Å²) in [5.74, 6) is 2.13. The van der Waals surface area contributed by atoms with Gasteiger partial charge in [0.2, 0.25) is 0 Å². The van der Waals surface area contributed by atoms with E-state index >= 15 is 0 Å². The second-order valence-electron chi connectivity index (χ2n) is 5.46. The molecular formula is C12H22N2. The average molecular weight is 194 g/mol. The molecule has 2 saturated heterocycles. The van der Waals surface area contributed by atoms with Crippen LogP contribution < -0.4 is 5.32 Å². The van der Waals surface area contributed by atoms with Crippen LogP contribution in [-0.2, 0) is 0 Å². The van der Waals surface area contributed by atoms with E-state index in [9.17, 15) is 0 Å². The van der Waals surface area contributed by atoms with Gasteiger partial charge in [0.05, 0.1) is 0 Å². The van der Waals surface area contributed by atoms with Crippen molar-refractivity contribution in [2.24, 2.45) is 11.8 Å². The van der Waals surface area contributed by atoms with Crippen molar-refractivity contribution >= 4 is 0 Å². The first-order valence-electron chi connectivity index (χ1n) is 6.37. The lowest BCUT2D eigenvalue weighted by Gasteiger charge is -2.21. The van der Waals surface area contributed by atoms with Gasteiger partial charge in [-0.2, -0.15) is 0 Å². The third-order valence-electron chi connectivity index (χ3n) is 4.44. The van der Waals surface area contributed by atoms with Gasteiger partial charge in [0, 0.05) is 25.7 Å². The zero-order chi connectivity index (χ0) is 9.38. The van der Waals surface area contributed by atoms with E-state index in [1.54, 1.807) is 0 Å². The molecule has 2 heteroatoms.